The van der Waals surface area contributed by atoms with Crippen molar-refractivity contribution >= 4 is 17.8 Å². The lowest BCUT2D eigenvalue weighted by molar-refractivity contribution is -0.561. The lowest BCUT2D eigenvalue weighted by Gasteiger charge is -2.21. The van der Waals surface area contributed by atoms with Crippen LogP contribution in [0.2, 0.25) is 0 Å². The largest absolute Gasteiger partial charge is 0.466 e. The van der Waals surface area contributed by atoms with Crippen molar-refractivity contribution < 1.29 is 24.0 Å². The van der Waals surface area contributed by atoms with Crippen LogP contribution in [0, 0.1) is 16.0 Å². The molecule has 0 saturated carbocycles. The lowest BCUT2D eigenvalue weighted by atomic mass is 9.90. The fraction of sp³-hybridized carbons (Fsp3) is 0.550. The van der Waals surface area contributed by atoms with Gasteiger partial charge in [0.05, 0.1) is 23.7 Å². The fourth-order valence-electron chi connectivity index (χ4n) is 3.20. The van der Waals surface area contributed by atoms with E-state index < -0.39 is 17.4 Å². The van der Waals surface area contributed by atoms with Crippen LogP contribution in [0.4, 0.5) is 0 Å². The predicted molar refractivity (Wildman–Crippen MR) is 101 cm³/mol. The number of benzene rings is 1. The molecule has 1 atom stereocenters. The molecule has 0 bridgehead atoms. The average Bonchev–Trinajstić information content (AvgIpc) is 2.89. The van der Waals surface area contributed by atoms with Crippen molar-refractivity contribution in [3.8, 4) is 0 Å². The van der Waals surface area contributed by atoms with Gasteiger partial charge < -0.3 is 4.74 Å². The molecule has 2 amide bonds. The second-order valence-corrected chi connectivity index (χ2v) is 7.51. The first-order valence-electron chi connectivity index (χ1n) is 9.45. The van der Waals surface area contributed by atoms with Crippen LogP contribution in [0.25, 0.3) is 0 Å². The number of carbonyl (C=O) groups excluding carboxylic acids is 3. The molecular weight excluding hydrogens is 364 g/mol. The highest BCUT2D eigenvalue weighted by Crippen LogP contribution is 2.26. The summed E-state index contributed by atoms with van der Waals surface area (Å²) >= 11 is 0. The third kappa shape index (κ3) is 4.74. The van der Waals surface area contributed by atoms with Gasteiger partial charge in [-0.15, -0.1) is 0 Å². The molecule has 0 N–H and O–H groups in total. The van der Waals surface area contributed by atoms with Crippen LogP contribution in [-0.4, -0.2) is 46.3 Å². The zero-order chi connectivity index (χ0) is 20.9. The first-order chi connectivity index (χ1) is 13.2. The van der Waals surface area contributed by atoms with E-state index in [1.807, 2.05) is 0 Å². The van der Waals surface area contributed by atoms with E-state index >= 15 is 0 Å². The summed E-state index contributed by atoms with van der Waals surface area (Å²) in [7, 11) is 0. The highest BCUT2D eigenvalue weighted by Gasteiger charge is 2.36. The van der Waals surface area contributed by atoms with Crippen molar-refractivity contribution in [3.05, 3.63) is 45.5 Å². The van der Waals surface area contributed by atoms with Crippen molar-refractivity contribution in [1.82, 2.24) is 4.90 Å². The molecule has 0 saturated heterocycles. The Hall–Kier alpha value is -2.77. The summed E-state index contributed by atoms with van der Waals surface area (Å²) in [6.07, 6.45) is 1.36. The molecule has 0 fully saturated rings. The Kier molecular flexibility index (Phi) is 6.88. The summed E-state index contributed by atoms with van der Waals surface area (Å²) in [5.74, 6) is -1.57. The van der Waals surface area contributed by atoms with Crippen LogP contribution in [0.5, 0.6) is 0 Å². The molecule has 1 aromatic carbocycles. The first kappa shape index (κ1) is 21.5. The number of hydrogen-bond acceptors (Lipinski definition) is 6. The molecule has 0 unspecified atom stereocenters. The topological polar surface area (TPSA) is 107 Å². The van der Waals surface area contributed by atoms with E-state index in [9.17, 15) is 24.5 Å². The maximum absolute atomic E-state index is 12.4. The lowest BCUT2D eigenvalue weighted by Crippen LogP contribution is -2.33. The Morgan fingerprint density at radius 1 is 1.18 bits per heavy atom. The van der Waals surface area contributed by atoms with Crippen molar-refractivity contribution in [2.75, 3.05) is 13.2 Å². The number of amides is 2. The van der Waals surface area contributed by atoms with Crippen molar-refractivity contribution in [2.24, 2.45) is 5.92 Å². The van der Waals surface area contributed by atoms with Gasteiger partial charge in [0.15, 0.2) is 0 Å². The van der Waals surface area contributed by atoms with Gasteiger partial charge in [-0.1, -0.05) is 12.1 Å². The number of fused-ring (bicyclic) bond motifs is 1. The second-order valence-electron chi connectivity index (χ2n) is 7.51. The predicted octanol–water partition coefficient (Wildman–Crippen LogP) is 3.08. The molecule has 2 rings (SSSR count). The zero-order valence-electron chi connectivity index (χ0n) is 16.5. The monoisotopic (exact) mass is 390 g/mol. The molecule has 0 radical (unpaired) electrons. The van der Waals surface area contributed by atoms with Gasteiger partial charge in [0.2, 0.25) is 5.54 Å². The van der Waals surface area contributed by atoms with Crippen LogP contribution < -0.4 is 0 Å². The van der Waals surface area contributed by atoms with Gasteiger partial charge in [-0.25, -0.2) is 0 Å². The summed E-state index contributed by atoms with van der Waals surface area (Å²) < 4.78 is 5.09. The third-order valence-electron chi connectivity index (χ3n) is 5.03. The molecule has 0 aromatic heterocycles. The molecule has 8 heteroatoms. The SMILES string of the molecule is CCOC(=O)[C@@H](CCCN1C(=O)c2ccccc2C1=O)CCC(C)(C)[N+](=O)[O-]. The Morgan fingerprint density at radius 2 is 1.75 bits per heavy atom. The maximum Gasteiger partial charge on any atom is 0.308 e. The van der Waals surface area contributed by atoms with Crippen LogP contribution in [0.15, 0.2) is 24.3 Å². The van der Waals surface area contributed by atoms with Crippen molar-refractivity contribution in [3.63, 3.8) is 0 Å². The van der Waals surface area contributed by atoms with E-state index in [4.69, 9.17) is 4.74 Å². The Morgan fingerprint density at radius 3 is 2.25 bits per heavy atom. The minimum atomic E-state index is -1.13. The minimum absolute atomic E-state index is 0.195. The summed E-state index contributed by atoms with van der Waals surface area (Å²) in [6, 6.07) is 6.66. The number of imide groups is 1. The third-order valence-corrected chi connectivity index (χ3v) is 5.03. The summed E-state index contributed by atoms with van der Waals surface area (Å²) in [5, 5.41) is 11.1. The number of esters is 1. The number of carbonyl (C=O) groups is 3. The fourth-order valence-corrected chi connectivity index (χ4v) is 3.20. The zero-order valence-corrected chi connectivity index (χ0v) is 16.5. The Bertz CT molecular complexity index is 739. The van der Waals surface area contributed by atoms with Gasteiger partial charge >= 0.3 is 5.97 Å². The average molecular weight is 390 g/mol. The quantitative estimate of drug-likeness (QED) is 0.263. The molecule has 152 valence electrons. The molecule has 8 nitrogen and oxygen atoms in total. The molecule has 1 heterocycles. The van der Waals surface area contributed by atoms with Crippen LogP contribution in [0.1, 0.15) is 67.2 Å². The summed E-state index contributed by atoms with van der Waals surface area (Å²) in [5.41, 5.74) is -0.350. The maximum atomic E-state index is 12.4. The standard InChI is InChI=1S/C20H26N2O6/c1-4-28-19(25)14(11-12-20(2,3)22(26)27)8-7-13-21-17(23)15-9-5-6-10-16(15)18(21)24/h5-6,9-10,14H,4,7-8,11-13H2,1-3H3/t14-/m0/s1. The summed E-state index contributed by atoms with van der Waals surface area (Å²) in [4.78, 5) is 48.9. The number of nitrogens with zero attached hydrogens (tertiary/aromatic N) is 2. The molecule has 1 aromatic rings. The molecule has 1 aliphatic rings. The van der Waals surface area contributed by atoms with E-state index in [1.165, 1.54) is 18.7 Å². The number of rotatable bonds is 10. The normalized spacial score (nSPS) is 14.8. The molecule has 0 spiro atoms. The van der Waals surface area contributed by atoms with E-state index in [0.29, 0.717) is 30.4 Å². The Balaban J connectivity index is 1.96. The number of nitro groups is 1. The van der Waals surface area contributed by atoms with E-state index in [0.717, 1.165) is 0 Å². The summed E-state index contributed by atoms with van der Waals surface area (Å²) in [6.45, 7) is 5.17. The molecular formula is C20H26N2O6. The van der Waals surface area contributed by atoms with Gasteiger partial charge in [0, 0.05) is 31.7 Å². The highest BCUT2D eigenvalue weighted by molar-refractivity contribution is 6.21. The van der Waals surface area contributed by atoms with Gasteiger partial charge in [-0.3, -0.25) is 29.4 Å². The van der Waals surface area contributed by atoms with Crippen molar-refractivity contribution in [2.45, 2.75) is 52.0 Å². The van der Waals surface area contributed by atoms with Crippen molar-refractivity contribution in [1.29, 1.82) is 0 Å². The number of ether oxygens (including phenoxy) is 1. The van der Waals surface area contributed by atoms with Gasteiger partial charge in [-0.2, -0.15) is 0 Å². The number of hydrogen-bond donors (Lipinski definition) is 0. The smallest absolute Gasteiger partial charge is 0.308 e. The second kappa shape index (κ2) is 8.95. The molecule has 0 aliphatic carbocycles. The van der Waals surface area contributed by atoms with E-state index in [2.05, 4.69) is 0 Å². The van der Waals surface area contributed by atoms with Gasteiger partial charge in [0.1, 0.15) is 0 Å². The van der Waals surface area contributed by atoms with E-state index in [-0.39, 0.29) is 36.3 Å². The van der Waals surface area contributed by atoms with Crippen LogP contribution in [-0.2, 0) is 9.53 Å². The highest BCUT2D eigenvalue weighted by atomic mass is 16.6. The first-order valence-corrected chi connectivity index (χ1v) is 9.45. The molecule has 28 heavy (non-hydrogen) atoms. The van der Waals surface area contributed by atoms with Gasteiger partial charge in [0.25, 0.3) is 11.8 Å². The van der Waals surface area contributed by atoms with Gasteiger partial charge in [-0.05, 0) is 38.3 Å². The minimum Gasteiger partial charge on any atom is -0.466 e. The van der Waals surface area contributed by atoms with E-state index in [1.54, 1.807) is 31.2 Å². The van der Waals surface area contributed by atoms with Crippen LogP contribution in [0.3, 0.4) is 0 Å². The van der Waals surface area contributed by atoms with Crippen LogP contribution >= 0.6 is 0 Å². The Labute approximate surface area is 164 Å². The molecule has 1 aliphatic heterocycles.